The molecule has 0 saturated heterocycles. The molecule has 3 rings (SSSR count). The highest BCUT2D eigenvalue weighted by Crippen LogP contribution is 2.21. The van der Waals surface area contributed by atoms with Crippen molar-refractivity contribution in [3.05, 3.63) is 57.5 Å². The number of anilines is 1. The molecule has 1 aliphatic heterocycles. The first-order valence-corrected chi connectivity index (χ1v) is 8.39. The summed E-state index contributed by atoms with van der Waals surface area (Å²) in [6, 6.07) is 9.51. The fourth-order valence-corrected chi connectivity index (χ4v) is 3.09. The molecule has 7 nitrogen and oxygen atoms in total. The van der Waals surface area contributed by atoms with E-state index in [0.29, 0.717) is 24.7 Å². The minimum absolute atomic E-state index is 0.0181. The summed E-state index contributed by atoms with van der Waals surface area (Å²) in [6.45, 7) is 3.49. The average molecular weight is 341 g/mol. The zero-order valence-corrected chi connectivity index (χ0v) is 14.5. The standard InChI is InChI=1S/C18H23N5O2/c1-12-9-16(24)22-18(21-12)20-8-7-19-17(25)15-10-13-5-3-4-6-14(13)11-23(15)2/h3-6,9,15H,7-8,10-11H2,1-2H3,(H,19,25)(H2,20,21,22,24)/t15-/m1/s1. The Morgan fingerprint density at radius 2 is 2.08 bits per heavy atom. The molecule has 0 spiro atoms. The number of carbonyl (C=O) groups excluding carboxylic acids is 1. The number of fused-ring (bicyclic) bond motifs is 1. The van der Waals surface area contributed by atoms with E-state index >= 15 is 0 Å². The third-order valence-electron chi connectivity index (χ3n) is 4.37. The van der Waals surface area contributed by atoms with Gasteiger partial charge in [0.2, 0.25) is 11.9 Å². The molecule has 0 saturated carbocycles. The number of nitrogens with zero attached hydrogens (tertiary/aromatic N) is 2. The number of hydrogen-bond acceptors (Lipinski definition) is 5. The number of aromatic amines is 1. The lowest BCUT2D eigenvalue weighted by atomic mass is 9.94. The number of aryl methyl sites for hydroxylation is 1. The third-order valence-corrected chi connectivity index (χ3v) is 4.37. The molecule has 0 aliphatic carbocycles. The van der Waals surface area contributed by atoms with E-state index in [2.05, 4.69) is 37.6 Å². The van der Waals surface area contributed by atoms with E-state index in [-0.39, 0.29) is 17.5 Å². The highest BCUT2D eigenvalue weighted by molar-refractivity contribution is 5.82. The number of rotatable bonds is 5. The highest BCUT2D eigenvalue weighted by atomic mass is 16.2. The molecule has 1 aliphatic rings. The summed E-state index contributed by atoms with van der Waals surface area (Å²) < 4.78 is 0. The van der Waals surface area contributed by atoms with Crippen molar-refractivity contribution >= 4 is 11.9 Å². The monoisotopic (exact) mass is 341 g/mol. The van der Waals surface area contributed by atoms with Crippen LogP contribution in [0.3, 0.4) is 0 Å². The summed E-state index contributed by atoms with van der Waals surface area (Å²) >= 11 is 0. The van der Waals surface area contributed by atoms with Crippen molar-refractivity contribution in [3.63, 3.8) is 0 Å². The maximum atomic E-state index is 12.5. The second-order valence-corrected chi connectivity index (χ2v) is 6.36. The Labute approximate surface area is 146 Å². The van der Waals surface area contributed by atoms with Gasteiger partial charge in [0.05, 0.1) is 6.04 Å². The Bertz CT molecular complexity index is 817. The zero-order valence-electron chi connectivity index (χ0n) is 14.5. The van der Waals surface area contributed by atoms with Gasteiger partial charge >= 0.3 is 0 Å². The quantitative estimate of drug-likeness (QED) is 0.695. The van der Waals surface area contributed by atoms with Crippen molar-refractivity contribution in [2.24, 2.45) is 0 Å². The van der Waals surface area contributed by atoms with Gasteiger partial charge in [0.15, 0.2) is 0 Å². The van der Waals surface area contributed by atoms with Crippen LogP contribution in [0.5, 0.6) is 0 Å². The minimum atomic E-state index is -0.193. The van der Waals surface area contributed by atoms with Crippen LogP contribution in [-0.2, 0) is 17.8 Å². The van der Waals surface area contributed by atoms with E-state index in [9.17, 15) is 9.59 Å². The van der Waals surface area contributed by atoms with Gasteiger partial charge in [0.25, 0.3) is 5.56 Å². The fourth-order valence-electron chi connectivity index (χ4n) is 3.09. The summed E-state index contributed by atoms with van der Waals surface area (Å²) in [4.78, 5) is 32.8. The van der Waals surface area contributed by atoms with E-state index < -0.39 is 0 Å². The molecular weight excluding hydrogens is 318 g/mol. The SMILES string of the molecule is Cc1cc(=O)[nH]c(NCCNC(=O)[C@H]2Cc3ccccc3CN2C)n1. The van der Waals surface area contributed by atoms with Crippen molar-refractivity contribution < 1.29 is 4.79 Å². The minimum Gasteiger partial charge on any atom is -0.354 e. The van der Waals surface area contributed by atoms with Crippen LogP contribution in [0.2, 0.25) is 0 Å². The van der Waals surface area contributed by atoms with Gasteiger partial charge < -0.3 is 10.6 Å². The van der Waals surface area contributed by atoms with E-state index in [1.54, 1.807) is 6.92 Å². The van der Waals surface area contributed by atoms with Gasteiger partial charge in [0.1, 0.15) is 0 Å². The van der Waals surface area contributed by atoms with Crippen molar-refractivity contribution in [3.8, 4) is 0 Å². The molecule has 25 heavy (non-hydrogen) atoms. The number of carbonyl (C=O) groups is 1. The smallest absolute Gasteiger partial charge is 0.252 e. The average Bonchev–Trinajstić information content (AvgIpc) is 2.57. The molecule has 0 unspecified atom stereocenters. The lowest BCUT2D eigenvalue weighted by molar-refractivity contribution is -0.126. The summed E-state index contributed by atoms with van der Waals surface area (Å²) in [5.74, 6) is 0.437. The van der Waals surface area contributed by atoms with E-state index in [1.165, 1.54) is 17.2 Å². The van der Waals surface area contributed by atoms with E-state index in [0.717, 1.165) is 13.0 Å². The van der Waals surface area contributed by atoms with Crippen LogP contribution in [0.25, 0.3) is 0 Å². The first kappa shape index (κ1) is 17.2. The van der Waals surface area contributed by atoms with Gasteiger partial charge in [-0.05, 0) is 31.5 Å². The Balaban J connectivity index is 1.50. The van der Waals surface area contributed by atoms with Gasteiger partial charge in [-0.15, -0.1) is 0 Å². The summed E-state index contributed by atoms with van der Waals surface area (Å²) in [5.41, 5.74) is 2.98. The summed E-state index contributed by atoms with van der Waals surface area (Å²) in [5, 5.41) is 5.97. The van der Waals surface area contributed by atoms with Crippen LogP contribution in [0.15, 0.2) is 35.1 Å². The first-order chi connectivity index (χ1) is 12.0. The van der Waals surface area contributed by atoms with Crippen LogP contribution in [0, 0.1) is 6.92 Å². The Hall–Kier alpha value is -2.67. The van der Waals surface area contributed by atoms with E-state index in [4.69, 9.17) is 0 Å². The lowest BCUT2D eigenvalue weighted by Gasteiger charge is -2.33. The van der Waals surface area contributed by atoms with Crippen molar-refractivity contribution in [1.82, 2.24) is 20.2 Å². The molecule has 0 bridgehead atoms. The Morgan fingerprint density at radius 1 is 1.32 bits per heavy atom. The molecular formula is C18H23N5O2. The van der Waals surface area contributed by atoms with Gasteiger partial charge in [-0.25, -0.2) is 4.98 Å². The molecule has 1 amide bonds. The number of amides is 1. The molecule has 3 N–H and O–H groups in total. The van der Waals surface area contributed by atoms with E-state index in [1.807, 2.05) is 19.2 Å². The summed E-state index contributed by atoms with van der Waals surface area (Å²) in [7, 11) is 1.97. The fraction of sp³-hybridized carbons (Fsp3) is 0.389. The highest BCUT2D eigenvalue weighted by Gasteiger charge is 2.28. The third kappa shape index (κ3) is 4.24. The summed E-state index contributed by atoms with van der Waals surface area (Å²) in [6.07, 6.45) is 0.721. The number of H-pyrrole nitrogens is 1. The van der Waals surface area contributed by atoms with Crippen molar-refractivity contribution in [2.45, 2.75) is 25.9 Å². The second-order valence-electron chi connectivity index (χ2n) is 6.36. The van der Waals surface area contributed by atoms with Gasteiger partial charge in [-0.2, -0.15) is 0 Å². The molecule has 0 radical (unpaired) electrons. The molecule has 1 aromatic carbocycles. The Kier molecular flexibility index (Phi) is 5.14. The van der Waals surface area contributed by atoms with Crippen LogP contribution < -0.4 is 16.2 Å². The molecule has 1 aromatic heterocycles. The Morgan fingerprint density at radius 3 is 2.84 bits per heavy atom. The molecule has 7 heteroatoms. The van der Waals surface area contributed by atoms with Gasteiger partial charge in [-0.3, -0.25) is 19.5 Å². The van der Waals surface area contributed by atoms with Crippen LogP contribution in [-0.4, -0.2) is 47.0 Å². The number of benzene rings is 1. The zero-order chi connectivity index (χ0) is 17.8. The molecule has 0 fully saturated rings. The first-order valence-electron chi connectivity index (χ1n) is 8.39. The lowest BCUT2D eigenvalue weighted by Crippen LogP contribution is -2.49. The van der Waals surface area contributed by atoms with Gasteiger partial charge in [-0.1, -0.05) is 24.3 Å². The topological polar surface area (TPSA) is 90.1 Å². The van der Waals surface area contributed by atoms with Crippen LogP contribution >= 0.6 is 0 Å². The number of aromatic nitrogens is 2. The number of nitrogens with one attached hydrogen (secondary N) is 3. The largest absolute Gasteiger partial charge is 0.354 e. The van der Waals surface area contributed by atoms with Crippen LogP contribution in [0.1, 0.15) is 16.8 Å². The van der Waals surface area contributed by atoms with Crippen molar-refractivity contribution in [1.29, 1.82) is 0 Å². The second kappa shape index (κ2) is 7.48. The van der Waals surface area contributed by atoms with Gasteiger partial charge in [0, 0.05) is 31.4 Å². The molecule has 2 aromatic rings. The number of hydrogen-bond donors (Lipinski definition) is 3. The normalized spacial score (nSPS) is 17.0. The predicted molar refractivity (Wildman–Crippen MR) is 96.5 cm³/mol. The van der Waals surface area contributed by atoms with Crippen LogP contribution in [0.4, 0.5) is 5.95 Å². The van der Waals surface area contributed by atoms with Crippen molar-refractivity contribution in [2.75, 3.05) is 25.5 Å². The maximum Gasteiger partial charge on any atom is 0.252 e. The molecule has 2 heterocycles. The molecule has 132 valence electrons. The molecule has 1 atom stereocenters. The predicted octanol–water partition coefficient (Wildman–Crippen LogP) is 0.663. The number of likely N-dealkylation sites (N-methyl/N-ethyl adjacent to an activating group) is 1. The maximum absolute atomic E-state index is 12.5.